The summed E-state index contributed by atoms with van der Waals surface area (Å²) in [5.41, 5.74) is 1.000. The summed E-state index contributed by atoms with van der Waals surface area (Å²) in [6.07, 6.45) is 1.67. The molecule has 0 saturated carbocycles. The summed E-state index contributed by atoms with van der Waals surface area (Å²) in [5.74, 6) is 0.822. The van der Waals surface area contributed by atoms with E-state index in [2.05, 4.69) is 20.9 Å². The van der Waals surface area contributed by atoms with Crippen molar-refractivity contribution >= 4 is 27.5 Å². The second kappa shape index (κ2) is 5.32. The second-order valence-corrected chi connectivity index (χ2v) is 4.54. The van der Waals surface area contributed by atoms with Gasteiger partial charge in [0.05, 0.1) is 0 Å². The van der Waals surface area contributed by atoms with Crippen LogP contribution in [-0.2, 0) is 6.61 Å². The van der Waals surface area contributed by atoms with Gasteiger partial charge in [-0.15, -0.1) is 0 Å². The molecule has 0 fully saturated rings. The van der Waals surface area contributed by atoms with Gasteiger partial charge in [-0.05, 0) is 35.9 Å². The highest BCUT2D eigenvalue weighted by atomic mass is 79.9. The highest BCUT2D eigenvalue weighted by Crippen LogP contribution is 2.19. The molecule has 16 heavy (non-hydrogen) atoms. The SMILES string of the molecule is Clc1cc(COc2cccc(Br)c2)ccn1. The average Bonchev–Trinajstić information content (AvgIpc) is 2.27. The molecule has 0 radical (unpaired) electrons. The molecule has 0 spiro atoms. The number of halogens is 2. The van der Waals surface area contributed by atoms with Gasteiger partial charge in [-0.2, -0.15) is 0 Å². The Kier molecular flexibility index (Phi) is 3.80. The Morgan fingerprint density at radius 3 is 2.88 bits per heavy atom. The van der Waals surface area contributed by atoms with Crippen LogP contribution >= 0.6 is 27.5 Å². The van der Waals surface area contributed by atoms with Crippen LogP contribution in [0.3, 0.4) is 0 Å². The standard InChI is InChI=1S/C12H9BrClNO/c13-10-2-1-3-11(7-10)16-8-9-4-5-15-12(14)6-9/h1-7H,8H2. The van der Waals surface area contributed by atoms with E-state index < -0.39 is 0 Å². The van der Waals surface area contributed by atoms with Crippen LogP contribution in [0.15, 0.2) is 47.1 Å². The van der Waals surface area contributed by atoms with E-state index in [1.54, 1.807) is 12.3 Å². The van der Waals surface area contributed by atoms with Crippen LogP contribution in [-0.4, -0.2) is 4.98 Å². The molecule has 0 unspecified atom stereocenters. The third-order valence-corrected chi connectivity index (χ3v) is 2.69. The van der Waals surface area contributed by atoms with Gasteiger partial charge in [0.2, 0.25) is 0 Å². The summed E-state index contributed by atoms with van der Waals surface area (Å²) in [6.45, 7) is 0.485. The Balaban J connectivity index is 2.02. The minimum atomic E-state index is 0.482. The van der Waals surface area contributed by atoms with Gasteiger partial charge in [0.1, 0.15) is 17.5 Å². The van der Waals surface area contributed by atoms with Crippen LogP contribution in [0.25, 0.3) is 0 Å². The maximum Gasteiger partial charge on any atom is 0.129 e. The summed E-state index contributed by atoms with van der Waals surface area (Å²) in [4.78, 5) is 3.91. The van der Waals surface area contributed by atoms with E-state index in [-0.39, 0.29) is 0 Å². The van der Waals surface area contributed by atoms with Crippen molar-refractivity contribution in [1.82, 2.24) is 4.98 Å². The lowest BCUT2D eigenvalue weighted by Crippen LogP contribution is -1.95. The zero-order valence-corrected chi connectivity index (χ0v) is 10.7. The van der Waals surface area contributed by atoms with Crippen LogP contribution in [0, 0.1) is 0 Å². The maximum atomic E-state index is 5.78. The third kappa shape index (κ3) is 3.22. The molecule has 0 saturated heterocycles. The highest BCUT2D eigenvalue weighted by molar-refractivity contribution is 9.10. The number of benzene rings is 1. The van der Waals surface area contributed by atoms with E-state index in [0.29, 0.717) is 11.8 Å². The lowest BCUT2D eigenvalue weighted by Gasteiger charge is -2.06. The van der Waals surface area contributed by atoms with Crippen LogP contribution < -0.4 is 4.74 Å². The Labute approximate surface area is 107 Å². The van der Waals surface area contributed by atoms with Crippen molar-refractivity contribution in [3.63, 3.8) is 0 Å². The summed E-state index contributed by atoms with van der Waals surface area (Å²) in [7, 11) is 0. The van der Waals surface area contributed by atoms with Crippen molar-refractivity contribution in [1.29, 1.82) is 0 Å². The van der Waals surface area contributed by atoms with E-state index in [1.807, 2.05) is 30.3 Å². The van der Waals surface area contributed by atoms with Gasteiger partial charge in [-0.3, -0.25) is 0 Å². The summed E-state index contributed by atoms with van der Waals surface area (Å²) in [5, 5.41) is 0.482. The van der Waals surface area contributed by atoms with Gasteiger partial charge in [0.15, 0.2) is 0 Å². The van der Waals surface area contributed by atoms with Gasteiger partial charge >= 0.3 is 0 Å². The van der Waals surface area contributed by atoms with E-state index in [1.165, 1.54) is 0 Å². The van der Waals surface area contributed by atoms with Crippen molar-refractivity contribution in [3.8, 4) is 5.75 Å². The molecule has 2 rings (SSSR count). The molecule has 2 nitrogen and oxygen atoms in total. The Morgan fingerprint density at radius 1 is 1.25 bits per heavy atom. The topological polar surface area (TPSA) is 22.1 Å². The Hall–Kier alpha value is -1.06. The van der Waals surface area contributed by atoms with Crippen LogP contribution in [0.4, 0.5) is 0 Å². The van der Waals surface area contributed by atoms with Gasteiger partial charge in [0.25, 0.3) is 0 Å². The molecule has 2 aromatic rings. The number of aromatic nitrogens is 1. The van der Waals surface area contributed by atoms with Crippen molar-refractivity contribution in [2.45, 2.75) is 6.61 Å². The normalized spacial score (nSPS) is 10.1. The molecule has 0 amide bonds. The minimum Gasteiger partial charge on any atom is -0.489 e. The lowest BCUT2D eigenvalue weighted by molar-refractivity contribution is 0.306. The largest absolute Gasteiger partial charge is 0.489 e. The number of ether oxygens (including phenoxy) is 1. The van der Waals surface area contributed by atoms with Crippen LogP contribution in [0.5, 0.6) is 5.75 Å². The fourth-order valence-electron chi connectivity index (χ4n) is 1.26. The number of rotatable bonds is 3. The molecule has 1 heterocycles. The minimum absolute atomic E-state index is 0.482. The first kappa shape index (κ1) is 11.4. The van der Waals surface area contributed by atoms with Crippen LogP contribution in [0.2, 0.25) is 5.15 Å². The second-order valence-electron chi connectivity index (χ2n) is 3.23. The maximum absolute atomic E-state index is 5.78. The van der Waals surface area contributed by atoms with Crippen molar-refractivity contribution in [3.05, 3.63) is 57.8 Å². The van der Waals surface area contributed by atoms with Crippen LogP contribution in [0.1, 0.15) is 5.56 Å². The molecule has 0 aliphatic heterocycles. The predicted molar refractivity (Wildman–Crippen MR) is 67.7 cm³/mol. The molecule has 0 bridgehead atoms. The quantitative estimate of drug-likeness (QED) is 0.797. The molecule has 82 valence electrons. The van der Waals surface area contributed by atoms with E-state index in [9.17, 15) is 0 Å². The fourth-order valence-corrected chi connectivity index (χ4v) is 1.83. The molecule has 0 atom stereocenters. The molecular formula is C12H9BrClNO. The molecule has 1 aromatic carbocycles. The van der Waals surface area contributed by atoms with E-state index in [0.717, 1.165) is 15.8 Å². The summed E-state index contributed by atoms with van der Waals surface area (Å²) >= 11 is 9.17. The molecule has 4 heteroatoms. The molecule has 0 N–H and O–H groups in total. The molecule has 0 aliphatic rings. The summed E-state index contributed by atoms with van der Waals surface area (Å²) in [6, 6.07) is 11.4. The first-order valence-corrected chi connectivity index (χ1v) is 5.90. The first-order valence-electron chi connectivity index (χ1n) is 4.73. The molecule has 1 aromatic heterocycles. The number of hydrogen-bond donors (Lipinski definition) is 0. The highest BCUT2D eigenvalue weighted by Gasteiger charge is 1.98. The summed E-state index contributed by atoms with van der Waals surface area (Å²) < 4.78 is 6.61. The third-order valence-electron chi connectivity index (χ3n) is 1.99. The first-order chi connectivity index (χ1) is 7.74. The van der Waals surface area contributed by atoms with Crippen molar-refractivity contribution < 1.29 is 4.74 Å². The van der Waals surface area contributed by atoms with E-state index in [4.69, 9.17) is 16.3 Å². The molecule has 0 aliphatic carbocycles. The smallest absolute Gasteiger partial charge is 0.129 e. The molecular weight excluding hydrogens is 289 g/mol. The Morgan fingerprint density at radius 2 is 2.12 bits per heavy atom. The Bertz CT molecular complexity index is 444. The van der Waals surface area contributed by atoms with Gasteiger partial charge in [-0.1, -0.05) is 33.6 Å². The number of pyridine rings is 1. The average molecular weight is 299 g/mol. The van der Waals surface area contributed by atoms with E-state index >= 15 is 0 Å². The zero-order valence-electron chi connectivity index (χ0n) is 8.36. The van der Waals surface area contributed by atoms with Gasteiger partial charge in [0, 0.05) is 10.7 Å². The lowest BCUT2D eigenvalue weighted by atomic mass is 10.3. The predicted octanol–water partition coefficient (Wildman–Crippen LogP) is 4.08. The number of hydrogen-bond acceptors (Lipinski definition) is 2. The fraction of sp³-hybridized carbons (Fsp3) is 0.0833. The van der Waals surface area contributed by atoms with Crippen molar-refractivity contribution in [2.75, 3.05) is 0 Å². The number of nitrogens with zero attached hydrogens (tertiary/aromatic N) is 1. The van der Waals surface area contributed by atoms with Crippen molar-refractivity contribution in [2.24, 2.45) is 0 Å². The zero-order chi connectivity index (χ0) is 11.4. The monoisotopic (exact) mass is 297 g/mol. The van der Waals surface area contributed by atoms with Gasteiger partial charge < -0.3 is 4.74 Å². The van der Waals surface area contributed by atoms with Gasteiger partial charge in [-0.25, -0.2) is 4.98 Å².